The zero-order chi connectivity index (χ0) is 15.9. The monoisotopic (exact) mass is 320 g/mol. The van der Waals surface area contributed by atoms with Gasteiger partial charge in [-0.2, -0.15) is 0 Å². The topological polar surface area (TPSA) is 90.6 Å². The van der Waals surface area contributed by atoms with E-state index in [9.17, 15) is 12.8 Å². The van der Waals surface area contributed by atoms with E-state index >= 15 is 0 Å². The molecular weight excluding hydrogens is 299 g/mol. The number of ether oxygens (including phenoxy) is 2. The van der Waals surface area contributed by atoms with Crippen LogP contribution in [0.2, 0.25) is 0 Å². The second-order valence-electron chi connectivity index (χ2n) is 4.50. The summed E-state index contributed by atoms with van der Waals surface area (Å²) in [5.74, 6) is -0.627. The number of sulfonamides is 1. The number of nitrogens with one attached hydrogen (secondary N) is 1. The normalized spacial score (nSPS) is 11.8. The van der Waals surface area contributed by atoms with Crippen LogP contribution in [0.25, 0.3) is 0 Å². The Hall–Kier alpha value is -1.22. The molecule has 0 amide bonds. The third-order valence-corrected chi connectivity index (χ3v) is 4.38. The molecule has 1 aromatic carbocycles. The van der Waals surface area contributed by atoms with Gasteiger partial charge in [-0.05, 0) is 31.0 Å². The standard InChI is InChI=1S/C13H21FN2O4S/c1-10-8-11(14)12(15)9-13(10)21(17,18)16-4-3-5-20-7-6-19-2/h8-9,16H,3-7,15H2,1-2H3. The Kier molecular flexibility index (Phi) is 7.03. The average Bonchev–Trinajstić information content (AvgIpc) is 2.41. The molecule has 120 valence electrons. The molecule has 3 N–H and O–H groups in total. The van der Waals surface area contributed by atoms with E-state index in [0.29, 0.717) is 31.8 Å². The summed E-state index contributed by atoms with van der Waals surface area (Å²) in [7, 11) is -2.13. The molecule has 0 fully saturated rings. The van der Waals surface area contributed by atoms with Gasteiger partial charge in [0.15, 0.2) is 0 Å². The Labute approximate surface area is 124 Å². The van der Waals surface area contributed by atoms with Crippen LogP contribution in [0.3, 0.4) is 0 Å². The van der Waals surface area contributed by atoms with Crippen molar-refractivity contribution in [3.05, 3.63) is 23.5 Å². The fraction of sp³-hybridized carbons (Fsp3) is 0.538. The lowest BCUT2D eigenvalue weighted by Crippen LogP contribution is -2.26. The Balaban J connectivity index is 2.53. The summed E-state index contributed by atoms with van der Waals surface area (Å²) < 4.78 is 49.9. The van der Waals surface area contributed by atoms with Crippen LogP contribution in [-0.2, 0) is 19.5 Å². The van der Waals surface area contributed by atoms with Gasteiger partial charge in [0, 0.05) is 20.3 Å². The molecule has 0 unspecified atom stereocenters. The third-order valence-electron chi connectivity index (χ3n) is 2.77. The highest BCUT2D eigenvalue weighted by atomic mass is 32.2. The minimum atomic E-state index is -3.70. The van der Waals surface area contributed by atoms with Crippen LogP contribution in [-0.4, -0.2) is 41.9 Å². The lowest BCUT2D eigenvalue weighted by Gasteiger charge is -2.10. The third kappa shape index (κ3) is 5.58. The van der Waals surface area contributed by atoms with Gasteiger partial charge in [0.25, 0.3) is 0 Å². The lowest BCUT2D eigenvalue weighted by molar-refractivity contribution is 0.0699. The number of hydrogen-bond acceptors (Lipinski definition) is 5. The molecule has 6 nitrogen and oxygen atoms in total. The van der Waals surface area contributed by atoms with E-state index < -0.39 is 15.8 Å². The van der Waals surface area contributed by atoms with Gasteiger partial charge in [-0.15, -0.1) is 0 Å². The number of nitrogen functional groups attached to an aromatic ring is 1. The molecule has 0 atom stereocenters. The number of nitrogens with two attached hydrogens (primary N) is 1. The van der Waals surface area contributed by atoms with Crippen molar-refractivity contribution in [2.75, 3.05) is 39.2 Å². The van der Waals surface area contributed by atoms with Crippen molar-refractivity contribution in [1.29, 1.82) is 0 Å². The van der Waals surface area contributed by atoms with Crippen molar-refractivity contribution in [2.24, 2.45) is 0 Å². The fourth-order valence-electron chi connectivity index (χ4n) is 1.66. The lowest BCUT2D eigenvalue weighted by atomic mass is 10.2. The molecule has 8 heteroatoms. The summed E-state index contributed by atoms with van der Waals surface area (Å²) >= 11 is 0. The van der Waals surface area contributed by atoms with E-state index in [0.717, 1.165) is 12.1 Å². The molecule has 0 aliphatic heterocycles. The predicted molar refractivity (Wildman–Crippen MR) is 78.0 cm³/mol. The fourth-order valence-corrected chi connectivity index (χ4v) is 2.99. The first-order valence-corrected chi connectivity index (χ1v) is 7.98. The highest BCUT2D eigenvalue weighted by molar-refractivity contribution is 7.89. The molecule has 0 aliphatic carbocycles. The van der Waals surface area contributed by atoms with Gasteiger partial charge in [0.1, 0.15) is 5.82 Å². The van der Waals surface area contributed by atoms with Crippen LogP contribution in [0.15, 0.2) is 17.0 Å². The van der Waals surface area contributed by atoms with E-state index in [1.165, 1.54) is 6.92 Å². The molecule has 1 rings (SSSR count). The highest BCUT2D eigenvalue weighted by Crippen LogP contribution is 2.21. The van der Waals surface area contributed by atoms with E-state index in [2.05, 4.69) is 4.72 Å². The van der Waals surface area contributed by atoms with E-state index in [1.807, 2.05) is 0 Å². The molecule has 0 aromatic heterocycles. The number of benzene rings is 1. The molecular formula is C13H21FN2O4S. The highest BCUT2D eigenvalue weighted by Gasteiger charge is 2.18. The van der Waals surface area contributed by atoms with Gasteiger partial charge in [-0.25, -0.2) is 17.5 Å². The second kappa shape index (κ2) is 8.28. The van der Waals surface area contributed by atoms with Crippen molar-refractivity contribution in [1.82, 2.24) is 4.72 Å². The van der Waals surface area contributed by atoms with Gasteiger partial charge in [-0.1, -0.05) is 0 Å². The Bertz CT molecular complexity index is 564. The zero-order valence-electron chi connectivity index (χ0n) is 12.2. The van der Waals surface area contributed by atoms with Crippen LogP contribution in [0.4, 0.5) is 10.1 Å². The maximum atomic E-state index is 13.2. The molecule has 21 heavy (non-hydrogen) atoms. The van der Waals surface area contributed by atoms with Crippen LogP contribution in [0.1, 0.15) is 12.0 Å². The predicted octanol–water partition coefficient (Wildman–Crippen LogP) is 1.05. The molecule has 0 aliphatic rings. The van der Waals surface area contributed by atoms with Crippen molar-refractivity contribution in [2.45, 2.75) is 18.2 Å². The summed E-state index contributed by atoms with van der Waals surface area (Å²) in [4.78, 5) is -0.0123. The average molecular weight is 320 g/mol. The first kappa shape index (κ1) is 17.8. The maximum absolute atomic E-state index is 13.2. The van der Waals surface area contributed by atoms with Crippen LogP contribution < -0.4 is 10.5 Å². The number of rotatable bonds is 9. The summed E-state index contributed by atoms with van der Waals surface area (Å²) in [6, 6.07) is 2.24. The summed E-state index contributed by atoms with van der Waals surface area (Å²) in [6.45, 7) is 3.14. The van der Waals surface area contributed by atoms with Gasteiger partial charge >= 0.3 is 0 Å². The van der Waals surface area contributed by atoms with Crippen molar-refractivity contribution >= 4 is 15.7 Å². The van der Waals surface area contributed by atoms with Crippen LogP contribution in [0.5, 0.6) is 0 Å². The smallest absolute Gasteiger partial charge is 0.240 e. The molecule has 0 saturated carbocycles. The largest absolute Gasteiger partial charge is 0.396 e. The van der Waals surface area contributed by atoms with Crippen molar-refractivity contribution < 1.29 is 22.3 Å². The summed E-state index contributed by atoms with van der Waals surface area (Å²) in [5, 5.41) is 0. The number of halogens is 1. The number of hydrogen-bond donors (Lipinski definition) is 2. The quantitative estimate of drug-likeness (QED) is 0.524. The molecule has 0 spiro atoms. The molecule has 0 bridgehead atoms. The number of methoxy groups -OCH3 is 1. The SMILES string of the molecule is COCCOCCCNS(=O)(=O)c1cc(N)c(F)cc1C. The number of aryl methyl sites for hydroxylation is 1. The second-order valence-corrected chi connectivity index (χ2v) is 6.23. The van der Waals surface area contributed by atoms with Gasteiger partial charge in [0.05, 0.1) is 23.8 Å². The van der Waals surface area contributed by atoms with Gasteiger partial charge in [0.2, 0.25) is 10.0 Å². The Morgan fingerprint density at radius 3 is 2.67 bits per heavy atom. The first-order chi connectivity index (χ1) is 9.88. The maximum Gasteiger partial charge on any atom is 0.240 e. The van der Waals surface area contributed by atoms with Crippen LogP contribution in [0, 0.1) is 12.7 Å². The van der Waals surface area contributed by atoms with Gasteiger partial charge < -0.3 is 15.2 Å². The van der Waals surface area contributed by atoms with E-state index in [-0.39, 0.29) is 17.1 Å². The molecule has 0 saturated heterocycles. The zero-order valence-corrected chi connectivity index (χ0v) is 13.0. The van der Waals surface area contributed by atoms with Crippen LogP contribution >= 0.6 is 0 Å². The van der Waals surface area contributed by atoms with Gasteiger partial charge in [-0.3, -0.25) is 0 Å². The summed E-state index contributed by atoms with van der Waals surface area (Å²) in [5.41, 5.74) is 5.53. The van der Waals surface area contributed by atoms with E-state index in [1.54, 1.807) is 7.11 Å². The molecule has 0 radical (unpaired) electrons. The molecule has 0 heterocycles. The minimum Gasteiger partial charge on any atom is -0.396 e. The summed E-state index contributed by atoms with van der Waals surface area (Å²) in [6.07, 6.45) is 0.526. The van der Waals surface area contributed by atoms with Crippen molar-refractivity contribution in [3.8, 4) is 0 Å². The minimum absolute atomic E-state index is 0.0123. The van der Waals surface area contributed by atoms with Crippen molar-refractivity contribution in [3.63, 3.8) is 0 Å². The van der Waals surface area contributed by atoms with E-state index in [4.69, 9.17) is 15.2 Å². The number of anilines is 1. The Morgan fingerprint density at radius 2 is 2.00 bits per heavy atom. The molecule has 1 aromatic rings. The first-order valence-electron chi connectivity index (χ1n) is 6.50. The Morgan fingerprint density at radius 1 is 1.29 bits per heavy atom.